The molecule has 2 aromatic heterocycles. The zero-order chi connectivity index (χ0) is 13.1. The highest BCUT2D eigenvalue weighted by atomic mass is 32.1. The van der Waals surface area contributed by atoms with Crippen LogP contribution in [0.2, 0.25) is 0 Å². The van der Waals surface area contributed by atoms with E-state index in [0.717, 1.165) is 17.1 Å². The number of rotatable bonds is 4. The van der Waals surface area contributed by atoms with E-state index in [4.69, 9.17) is 0 Å². The maximum Gasteiger partial charge on any atom is 0.111 e. The molecule has 0 fully saturated rings. The van der Waals surface area contributed by atoms with Crippen molar-refractivity contribution in [2.75, 3.05) is 0 Å². The van der Waals surface area contributed by atoms with Gasteiger partial charge in [-0.25, -0.2) is 4.98 Å². The SMILES string of the molecule is CC(NCc1cccnc1)c1nc2ccccc2s1. The molecule has 1 N–H and O–H groups in total. The quantitative estimate of drug-likeness (QED) is 0.787. The molecule has 3 aromatic rings. The summed E-state index contributed by atoms with van der Waals surface area (Å²) in [6.07, 6.45) is 3.68. The number of para-hydroxylation sites is 1. The second kappa shape index (κ2) is 5.47. The van der Waals surface area contributed by atoms with Crippen molar-refractivity contribution in [2.24, 2.45) is 0 Å². The minimum atomic E-state index is 0.248. The van der Waals surface area contributed by atoms with Gasteiger partial charge in [-0.1, -0.05) is 18.2 Å². The Morgan fingerprint density at radius 1 is 1.21 bits per heavy atom. The molecule has 0 saturated carbocycles. The molecule has 0 radical (unpaired) electrons. The van der Waals surface area contributed by atoms with Crippen LogP contribution in [-0.2, 0) is 6.54 Å². The third-order valence-electron chi connectivity index (χ3n) is 3.02. The first-order valence-electron chi connectivity index (χ1n) is 6.31. The average molecular weight is 269 g/mol. The predicted octanol–water partition coefficient (Wildman–Crippen LogP) is 3.54. The van der Waals surface area contributed by atoms with Gasteiger partial charge in [-0.05, 0) is 30.7 Å². The van der Waals surface area contributed by atoms with Gasteiger partial charge in [-0.3, -0.25) is 4.98 Å². The van der Waals surface area contributed by atoms with Gasteiger partial charge in [-0.2, -0.15) is 0 Å². The highest BCUT2D eigenvalue weighted by molar-refractivity contribution is 7.18. The number of nitrogens with one attached hydrogen (secondary N) is 1. The third kappa shape index (κ3) is 2.80. The first kappa shape index (κ1) is 12.3. The highest BCUT2D eigenvalue weighted by Crippen LogP contribution is 2.26. The minimum absolute atomic E-state index is 0.248. The monoisotopic (exact) mass is 269 g/mol. The van der Waals surface area contributed by atoms with Crippen molar-refractivity contribution >= 4 is 21.6 Å². The van der Waals surface area contributed by atoms with Crippen molar-refractivity contribution < 1.29 is 0 Å². The lowest BCUT2D eigenvalue weighted by molar-refractivity contribution is 0.572. The number of fused-ring (bicyclic) bond motifs is 1. The molecule has 96 valence electrons. The van der Waals surface area contributed by atoms with E-state index in [9.17, 15) is 0 Å². The molecule has 1 unspecified atom stereocenters. The lowest BCUT2D eigenvalue weighted by Crippen LogP contribution is -2.17. The van der Waals surface area contributed by atoms with Crippen molar-refractivity contribution in [3.8, 4) is 0 Å². The van der Waals surface area contributed by atoms with Gasteiger partial charge in [0.2, 0.25) is 0 Å². The number of benzene rings is 1. The van der Waals surface area contributed by atoms with Crippen LogP contribution in [-0.4, -0.2) is 9.97 Å². The van der Waals surface area contributed by atoms with E-state index in [-0.39, 0.29) is 6.04 Å². The summed E-state index contributed by atoms with van der Waals surface area (Å²) >= 11 is 1.75. The number of aromatic nitrogens is 2. The van der Waals surface area contributed by atoms with Crippen LogP contribution in [0, 0.1) is 0 Å². The second-order valence-corrected chi connectivity index (χ2v) is 5.55. The van der Waals surface area contributed by atoms with Crippen LogP contribution in [0.1, 0.15) is 23.5 Å². The standard InChI is InChI=1S/C15H15N3S/c1-11(17-10-12-5-4-8-16-9-12)15-18-13-6-2-3-7-14(13)19-15/h2-9,11,17H,10H2,1H3. The maximum atomic E-state index is 4.67. The van der Waals surface area contributed by atoms with E-state index in [1.54, 1.807) is 17.5 Å². The van der Waals surface area contributed by atoms with Crippen LogP contribution in [0.15, 0.2) is 48.8 Å². The first-order chi connectivity index (χ1) is 9.33. The Bertz CT molecular complexity index is 630. The summed E-state index contributed by atoms with van der Waals surface area (Å²) < 4.78 is 1.24. The van der Waals surface area contributed by atoms with E-state index >= 15 is 0 Å². The molecule has 2 heterocycles. The number of pyridine rings is 1. The van der Waals surface area contributed by atoms with Crippen LogP contribution in [0.4, 0.5) is 0 Å². The normalized spacial score (nSPS) is 12.7. The number of hydrogen-bond acceptors (Lipinski definition) is 4. The van der Waals surface area contributed by atoms with Gasteiger partial charge in [-0.15, -0.1) is 11.3 Å². The van der Waals surface area contributed by atoms with Crippen LogP contribution in [0.3, 0.4) is 0 Å². The molecule has 1 atom stereocenters. The van der Waals surface area contributed by atoms with E-state index < -0.39 is 0 Å². The summed E-state index contributed by atoms with van der Waals surface area (Å²) in [7, 11) is 0. The van der Waals surface area contributed by atoms with Gasteiger partial charge < -0.3 is 5.32 Å². The Morgan fingerprint density at radius 3 is 2.89 bits per heavy atom. The van der Waals surface area contributed by atoms with Gasteiger partial charge in [0, 0.05) is 18.9 Å². The van der Waals surface area contributed by atoms with Gasteiger partial charge in [0.1, 0.15) is 5.01 Å². The smallest absolute Gasteiger partial charge is 0.111 e. The van der Waals surface area contributed by atoms with Crippen molar-refractivity contribution in [3.63, 3.8) is 0 Å². The fourth-order valence-electron chi connectivity index (χ4n) is 1.94. The Kier molecular flexibility index (Phi) is 3.53. The lowest BCUT2D eigenvalue weighted by Gasteiger charge is -2.10. The molecule has 1 aromatic carbocycles. The van der Waals surface area contributed by atoms with Crippen LogP contribution in [0.5, 0.6) is 0 Å². The molecule has 0 spiro atoms. The zero-order valence-corrected chi connectivity index (χ0v) is 11.5. The Labute approximate surface area is 116 Å². The molecule has 0 saturated heterocycles. The van der Waals surface area contributed by atoms with Crippen LogP contribution in [0.25, 0.3) is 10.2 Å². The summed E-state index contributed by atoms with van der Waals surface area (Å²) in [5.74, 6) is 0. The summed E-state index contributed by atoms with van der Waals surface area (Å²) in [5, 5.41) is 4.61. The second-order valence-electron chi connectivity index (χ2n) is 4.48. The summed E-state index contributed by atoms with van der Waals surface area (Å²) in [4.78, 5) is 8.78. The highest BCUT2D eigenvalue weighted by Gasteiger charge is 2.10. The molecule has 19 heavy (non-hydrogen) atoms. The van der Waals surface area contributed by atoms with Gasteiger partial charge in [0.15, 0.2) is 0 Å². The number of thiazole rings is 1. The third-order valence-corrected chi connectivity index (χ3v) is 4.24. The zero-order valence-electron chi connectivity index (χ0n) is 10.7. The topological polar surface area (TPSA) is 37.8 Å². The maximum absolute atomic E-state index is 4.67. The fourth-order valence-corrected chi connectivity index (χ4v) is 2.93. The molecule has 0 aliphatic rings. The molecule has 0 aliphatic heterocycles. The molecule has 3 rings (SSSR count). The number of nitrogens with zero attached hydrogens (tertiary/aromatic N) is 2. The molecule has 3 nitrogen and oxygen atoms in total. The predicted molar refractivity (Wildman–Crippen MR) is 79.1 cm³/mol. The van der Waals surface area contributed by atoms with E-state index in [2.05, 4.69) is 46.5 Å². The lowest BCUT2D eigenvalue weighted by atomic mass is 10.2. The van der Waals surface area contributed by atoms with Gasteiger partial charge in [0.05, 0.1) is 16.3 Å². The Morgan fingerprint density at radius 2 is 2.11 bits per heavy atom. The molecular weight excluding hydrogens is 254 g/mol. The van der Waals surface area contributed by atoms with Crippen molar-refractivity contribution in [2.45, 2.75) is 19.5 Å². The van der Waals surface area contributed by atoms with Gasteiger partial charge >= 0.3 is 0 Å². The van der Waals surface area contributed by atoms with Crippen molar-refractivity contribution in [1.29, 1.82) is 0 Å². The fraction of sp³-hybridized carbons (Fsp3) is 0.200. The van der Waals surface area contributed by atoms with Crippen molar-refractivity contribution in [3.05, 3.63) is 59.4 Å². The largest absolute Gasteiger partial charge is 0.304 e. The molecule has 4 heteroatoms. The van der Waals surface area contributed by atoms with Crippen molar-refractivity contribution in [1.82, 2.24) is 15.3 Å². The Balaban J connectivity index is 1.71. The van der Waals surface area contributed by atoms with Crippen LogP contribution < -0.4 is 5.32 Å². The van der Waals surface area contributed by atoms with Gasteiger partial charge in [0.25, 0.3) is 0 Å². The Hall–Kier alpha value is -1.78. The summed E-state index contributed by atoms with van der Waals surface area (Å²) in [5.41, 5.74) is 2.27. The molecule has 0 bridgehead atoms. The minimum Gasteiger partial charge on any atom is -0.304 e. The van der Waals surface area contributed by atoms with E-state index in [1.165, 1.54) is 10.3 Å². The summed E-state index contributed by atoms with van der Waals surface area (Å²) in [6, 6.07) is 12.5. The van der Waals surface area contributed by atoms with Crippen LogP contribution >= 0.6 is 11.3 Å². The van der Waals surface area contributed by atoms with E-state index in [0.29, 0.717) is 0 Å². The molecule has 0 aliphatic carbocycles. The average Bonchev–Trinajstić information content (AvgIpc) is 2.90. The first-order valence-corrected chi connectivity index (χ1v) is 7.12. The van der Waals surface area contributed by atoms with E-state index in [1.807, 2.05) is 18.3 Å². The number of hydrogen-bond donors (Lipinski definition) is 1. The molecular formula is C15H15N3S. The molecule has 0 amide bonds. The summed E-state index contributed by atoms with van der Waals surface area (Å²) in [6.45, 7) is 2.96.